The van der Waals surface area contributed by atoms with Crippen molar-refractivity contribution in [3.63, 3.8) is 0 Å². The smallest absolute Gasteiger partial charge is 0.244 e. The third kappa shape index (κ3) is 4.55. The van der Waals surface area contributed by atoms with Gasteiger partial charge in [0, 0.05) is 18.1 Å². The third-order valence-corrected chi connectivity index (χ3v) is 7.27. The minimum absolute atomic E-state index is 0.200. The van der Waals surface area contributed by atoms with Crippen LogP contribution in [0.5, 0.6) is 0 Å². The van der Waals surface area contributed by atoms with Crippen molar-refractivity contribution in [2.75, 3.05) is 6.54 Å². The van der Waals surface area contributed by atoms with Gasteiger partial charge in [-0.3, -0.25) is 4.79 Å². The van der Waals surface area contributed by atoms with Crippen LogP contribution in [0, 0.1) is 5.92 Å². The summed E-state index contributed by atoms with van der Waals surface area (Å²) in [7, 11) is -3.84. The molecule has 0 unspecified atom stereocenters. The van der Waals surface area contributed by atoms with Gasteiger partial charge in [-0.25, -0.2) is 8.42 Å². The molecule has 5 nitrogen and oxygen atoms in total. The van der Waals surface area contributed by atoms with Crippen LogP contribution < -0.4 is 5.32 Å². The Morgan fingerprint density at radius 2 is 1.83 bits per heavy atom. The number of halogens is 1. The van der Waals surface area contributed by atoms with Crippen molar-refractivity contribution >= 4 is 33.1 Å². The summed E-state index contributed by atoms with van der Waals surface area (Å²) in [4.78, 5) is 13.3. The number of nitrogens with zero attached hydrogens (tertiary/aromatic N) is 1. The molecule has 0 saturated carbocycles. The van der Waals surface area contributed by atoms with Crippen LogP contribution in [0.4, 0.5) is 0 Å². The van der Waals surface area contributed by atoms with Crippen LogP contribution in [-0.2, 0) is 21.4 Å². The predicted octanol–water partition coefficient (Wildman–Crippen LogP) is 4.09. The largest absolute Gasteiger partial charge is 0.351 e. The lowest BCUT2D eigenvalue weighted by atomic mass is 10.0. The molecule has 1 atom stereocenters. The Labute approximate surface area is 177 Å². The van der Waals surface area contributed by atoms with E-state index >= 15 is 0 Å². The van der Waals surface area contributed by atoms with Crippen molar-refractivity contribution in [1.82, 2.24) is 9.62 Å². The lowest BCUT2D eigenvalue weighted by Gasteiger charge is -2.31. The monoisotopic (exact) mass is 432 g/mol. The van der Waals surface area contributed by atoms with E-state index in [4.69, 9.17) is 11.6 Å². The second kappa shape index (κ2) is 8.69. The summed E-state index contributed by atoms with van der Waals surface area (Å²) in [6.45, 7) is 8.27. The van der Waals surface area contributed by atoms with E-state index in [0.29, 0.717) is 23.6 Å². The highest BCUT2D eigenvalue weighted by atomic mass is 35.5. The molecule has 0 radical (unpaired) electrons. The molecule has 1 N–H and O–H groups in total. The summed E-state index contributed by atoms with van der Waals surface area (Å²) in [5.74, 6) is -0.517. The fraction of sp³-hybridized carbons (Fsp3) is 0.318. The molecule has 29 heavy (non-hydrogen) atoms. The van der Waals surface area contributed by atoms with E-state index in [0.717, 1.165) is 11.1 Å². The van der Waals surface area contributed by atoms with Crippen molar-refractivity contribution in [2.24, 2.45) is 5.92 Å². The van der Waals surface area contributed by atoms with E-state index in [-0.39, 0.29) is 23.3 Å². The highest BCUT2D eigenvalue weighted by Crippen LogP contribution is 2.33. The minimum Gasteiger partial charge on any atom is -0.351 e. The molecule has 0 fully saturated rings. The molecule has 154 valence electrons. The number of hydrogen-bond acceptors (Lipinski definition) is 3. The Bertz CT molecular complexity index is 1020. The molecule has 3 rings (SSSR count). The molecule has 7 heteroatoms. The fourth-order valence-electron chi connectivity index (χ4n) is 3.56. The maximum absolute atomic E-state index is 13.4. The van der Waals surface area contributed by atoms with Crippen LogP contribution >= 0.6 is 11.6 Å². The molecule has 0 bridgehead atoms. The van der Waals surface area contributed by atoms with E-state index in [1.165, 1.54) is 4.31 Å². The standard InChI is InChI=1S/C22H25ClN2O3S/c1-15(2)21(22(26)24-14-17-8-10-18(23)11-9-17)25-13-12-16(3)19-6-4-5-7-20(19)29(25,27)28/h4-11,15,21H,3,12-14H2,1-2H3,(H,24,26)/t21-/m0/s1. The molecule has 2 aromatic rings. The summed E-state index contributed by atoms with van der Waals surface area (Å²) >= 11 is 5.90. The summed E-state index contributed by atoms with van der Waals surface area (Å²) in [6.07, 6.45) is 0.476. The SMILES string of the molecule is C=C1CCN([C@H](C(=O)NCc2ccc(Cl)cc2)C(C)C)S(=O)(=O)c2ccccc21. The molecule has 1 amide bonds. The first-order chi connectivity index (χ1) is 13.7. The molecule has 1 aliphatic rings. The summed E-state index contributed by atoms with van der Waals surface area (Å²) in [6, 6.07) is 13.2. The number of carbonyl (C=O) groups excluding carboxylic acids is 1. The van der Waals surface area contributed by atoms with Gasteiger partial charge in [-0.1, -0.05) is 62.4 Å². The van der Waals surface area contributed by atoms with E-state index < -0.39 is 16.1 Å². The number of rotatable bonds is 5. The van der Waals surface area contributed by atoms with Crippen molar-refractivity contribution in [2.45, 2.75) is 37.8 Å². The maximum Gasteiger partial charge on any atom is 0.244 e. The molecule has 0 spiro atoms. The predicted molar refractivity (Wildman–Crippen MR) is 116 cm³/mol. The summed E-state index contributed by atoms with van der Waals surface area (Å²) in [5, 5.41) is 3.50. The summed E-state index contributed by atoms with van der Waals surface area (Å²) < 4.78 is 28.2. The van der Waals surface area contributed by atoms with Crippen LogP contribution in [0.3, 0.4) is 0 Å². The first-order valence-corrected chi connectivity index (χ1v) is 11.3. The Hall–Kier alpha value is -2.15. The Balaban J connectivity index is 1.89. The van der Waals surface area contributed by atoms with Crippen LogP contribution in [0.2, 0.25) is 5.02 Å². The van der Waals surface area contributed by atoms with Crippen LogP contribution in [-0.4, -0.2) is 31.2 Å². The van der Waals surface area contributed by atoms with Crippen LogP contribution in [0.1, 0.15) is 31.4 Å². The zero-order valence-electron chi connectivity index (χ0n) is 16.6. The number of amides is 1. The van der Waals surface area contributed by atoms with Gasteiger partial charge in [0.1, 0.15) is 6.04 Å². The van der Waals surface area contributed by atoms with Crippen LogP contribution in [0.25, 0.3) is 5.57 Å². The number of fused-ring (bicyclic) bond motifs is 1. The maximum atomic E-state index is 13.4. The third-order valence-electron chi connectivity index (χ3n) is 5.08. The topological polar surface area (TPSA) is 66.5 Å². The molecular formula is C22H25ClN2O3S. The second-order valence-corrected chi connectivity index (χ2v) is 9.79. The lowest BCUT2D eigenvalue weighted by Crippen LogP contribution is -2.52. The van der Waals surface area contributed by atoms with Gasteiger partial charge in [0.2, 0.25) is 15.9 Å². The molecule has 0 saturated heterocycles. The van der Waals surface area contributed by atoms with Crippen molar-refractivity contribution in [3.05, 3.63) is 71.3 Å². The molecule has 0 aliphatic carbocycles. The lowest BCUT2D eigenvalue weighted by molar-refractivity contribution is -0.126. The Morgan fingerprint density at radius 3 is 2.48 bits per heavy atom. The molecule has 1 aliphatic heterocycles. The highest BCUT2D eigenvalue weighted by molar-refractivity contribution is 7.89. The Kier molecular flexibility index (Phi) is 6.46. The van der Waals surface area contributed by atoms with Gasteiger partial charge in [-0.05, 0) is 47.2 Å². The number of benzene rings is 2. The number of carbonyl (C=O) groups is 1. The van der Waals surface area contributed by atoms with Gasteiger partial charge in [0.25, 0.3) is 0 Å². The molecule has 2 aromatic carbocycles. The minimum atomic E-state index is -3.84. The first kappa shape index (κ1) is 21.6. The zero-order valence-corrected chi connectivity index (χ0v) is 18.1. The number of hydrogen-bond donors (Lipinski definition) is 1. The molecule has 1 heterocycles. The van der Waals surface area contributed by atoms with Crippen LogP contribution in [0.15, 0.2) is 60.0 Å². The van der Waals surface area contributed by atoms with Gasteiger partial charge in [-0.2, -0.15) is 4.31 Å². The van der Waals surface area contributed by atoms with E-state index in [1.54, 1.807) is 36.4 Å². The second-order valence-electron chi connectivity index (χ2n) is 7.50. The van der Waals surface area contributed by atoms with Crippen molar-refractivity contribution < 1.29 is 13.2 Å². The number of nitrogens with one attached hydrogen (secondary N) is 1. The van der Waals surface area contributed by atoms with E-state index in [2.05, 4.69) is 11.9 Å². The average Bonchev–Trinajstić information content (AvgIpc) is 2.78. The average molecular weight is 433 g/mol. The highest BCUT2D eigenvalue weighted by Gasteiger charge is 2.40. The van der Waals surface area contributed by atoms with Crippen molar-refractivity contribution in [3.8, 4) is 0 Å². The quantitative estimate of drug-likeness (QED) is 0.773. The summed E-state index contributed by atoms with van der Waals surface area (Å²) in [5.41, 5.74) is 2.28. The zero-order chi connectivity index (χ0) is 21.2. The fourth-order valence-corrected chi connectivity index (χ4v) is 5.65. The van der Waals surface area contributed by atoms with E-state index in [9.17, 15) is 13.2 Å². The first-order valence-electron chi connectivity index (χ1n) is 9.53. The van der Waals surface area contributed by atoms with Gasteiger partial charge < -0.3 is 5.32 Å². The van der Waals surface area contributed by atoms with Gasteiger partial charge >= 0.3 is 0 Å². The molecular weight excluding hydrogens is 408 g/mol. The van der Waals surface area contributed by atoms with E-state index in [1.807, 2.05) is 26.0 Å². The van der Waals surface area contributed by atoms with Gasteiger partial charge in [0.05, 0.1) is 4.90 Å². The number of sulfonamides is 1. The normalized spacial score (nSPS) is 17.4. The van der Waals surface area contributed by atoms with Crippen molar-refractivity contribution in [1.29, 1.82) is 0 Å². The van der Waals surface area contributed by atoms with Gasteiger partial charge in [-0.15, -0.1) is 0 Å². The Morgan fingerprint density at radius 1 is 1.17 bits per heavy atom. The molecule has 0 aromatic heterocycles. The van der Waals surface area contributed by atoms with Gasteiger partial charge in [0.15, 0.2) is 0 Å².